The summed E-state index contributed by atoms with van der Waals surface area (Å²) in [6, 6.07) is 0. The Morgan fingerprint density at radius 2 is 2.45 bits per heavy atom. The maximum atomic E-state index is 11.3. The number of hydrogen-bond acceptors (Lipinski definition) is 3. The van der Waals surface area contributed by atoms with E-state index in [0.29, 0.717) is 0 Å². The maximum absolute atomic E-state index is 11.3. The number of aryl methyl sites for hydroxylation is 1. The van der Waals surface area contributed by atoms with Crippen molar-refractivity contribution in [3.8, 4) is 0 Å². The van der Waals surface area contributed by atoms with Crippen LogP contribution in [0.3, 0.4) is 0 Å². The van der Waals surface area contributed by atoms with Gasteiger partial charge in [-0.25, -0.2) is 9.97 Å². The highest BCUT2D eigenvalue weighted by Gasteiger charge is 2.22. The fourth-order valence-corrected chi connectivity index (χ4v) is 2.42. The first-order valence-corrected chi connectivity index (χ1v) is 4.87. The molecule has 0 aliphatic carbocycles. The first kappa shape index (κ1) is 7.06. The maximum Gasteiger partial charge on any atom is 0.192 e. The van der Waals surface area contributed by atoms with Crippen LogP contribution in [0.1, 0.15) is 12.1 Å². The summed E-state index contributed by atoms with van der Waals surface area (Å²) in [5.41, 5.74) is 0.963. The van der Waals surface area contributed by atoms with E-state index in [-0.39, 0.29) is 0 Å². The van der Waals surface area contributed by atoms with Gasteiger partial charge in [0.15, 0.2) is 4.90 Å². The molecule has 0 saturated heterocycles. The molecule has 0 aromatic carbocycles. The van der Waals surface area contributed by atoms with E-state index in [9.17, 15) is 4.55 Å². The predicted molar refractivity (Wildman–Crippen MR) is 41.6 cm³/mol. The van der Waals surface area contributed by atoms with E-state index >= 15 is 0 Å². The molecule has 0 fully saturated rings. The van der Waals surface area contributed by atoms with Crippen molar-refractivity contribution in [2.45, 2.75) is 17.7 Å². The van der Waals surface area contributed by atoms with Gasteiger partial charge in [-0.05, 0) is 24.0 Å². The van der Waals surface area contributed by atoms with Crippen molar-refractivity contribution >= 4 is 11.2 Å². The van der Waals surface area contributed by atoms with Gasteiger partial charge in [0.25, 0.3) is 0 Å². The zero-order valence-electron chi connectivity index (χ0n) is 5.99. The molecule has 0 bridgehead atoms. The van der Waals surface area contributed by atoms with Gasteiger partial charge >= 0.3 is 0 Å². The van der Waals surface area contributed by atoms with Gasteiger partial charge in [-0.3, -0.25) is 0 Å². The highest BCUT2D eigenvalue weighted by atomic mass is 32.2. The molecule has 0 spiro atoms. The normalized spacial score (nSPS) is 22.8. The highest BCUT2D eigenvalue weighted by Crippen LogP contribution is 2.21. The minimum absolute atomic E-state index is 0.764. The minimum atomic E-state index is -0.840. The third-order valence-corrected chi connectivity index (χ3v) is 3.24. The number of nitrogens with zero attached hydrogens (tertiary/aromatic N) is 2. The largest absolute Gasteiger partial charge is 0.611 e. The Hall–Kier alpha value is -0.610. The standard InChI is InChI=1S/C7H8N2OS/c10-11-3-1-2-6-7(11)4-8-5-9-6/h4-5H,1-3H2. The first-order chi connectivity index (χ1) is 5.38. The Balaban J connectivity index is 2.44. The SMILES string of the molecule is [O-][S+]1CCCc2ncncc21. The lowest BCUT2D eigenvalue weighted by atomic mass is 10.2. The van der Waals surface area contributed by atoms with Gasteiger partial charge in [0.1, 0.15) is 12.1 Å². The second kappa shape index (κ2) is 2.79. The molecule has 2 rings (SSSR count). The zero-order valence-corrected chi connectivity index (χ0v) is 6.80. The molecule has 1 unspecified atom stereocenters. The van der Waals surface area contributed by atoms with Crippen LogP contribution in [0.5, 0.6) is 0 Å². The van der Waals surface area contributed by atoms with Crippen molar-refractivity contribution < 1.29 is 4.55 Å². The van der Waals surface area contributed by atoms with Crippen LogP contribution in [0.4, 0.5) is 0 Å². The second-order valence-electron chi connectivity index (χ2n) is 2.49. The van der Waals surface area contributed by atoms with E-state index in [0.717, 1.165) is 29.2 Å². The molecule has 0 radical (unpaired) electrons. The van der Waals surface area contributed by atoms with Crippen molar-refractivity contribution in [1.82, 2.24) is 9.97 Å². The van der Waals surface area contributed by atoms with Gasteiger partial charge in [-0.1, -0.05) is 0 Å². The van der Waals surface area contributed by atoms with E-state index in [2.05, 4.69) is 9.97 Å². The molecule has 2 heterocycles. The number of fused-ring (bicyclic) bond motifs is 1. The lowest BCUT2D eigenvalue weighted by Gasteiger charge is -2.16. The average Bonchev–Trinajstić information content (AvgIpc) is 2.06. The van der Waals surface area contributed by atoms with E-state index in [1.807, 2.05) is 0 Å². The Morgan fingerprint density at radius 3 is 3.27 bits per heavy atom. The van der Waals surface area contributed by atoms with Crippen molar-refractivity contribution in [1.29, 1.82) is 0 Å². The summed E-state index contributed by atoms with van der Waals surface area (Å²) >= 11 is -0.840. The monoisotopic (exact) mass is 168 g/mol. The Kier molecular flexibility index (Phi) is 1.79. The smallest absolute Gasteiger partial charge is 0.192 e. The lowest BCUT2D eigenvalue weighted by molar-refractivity contribution is 0.582. The van der Waals surface area contributed by atoms with Crippen molar-refractivity contribution in [2.75, 3.05) is 5.75 Å². The van der Waals surface area contributed by atoms with Gasteiger partial charge in [-0.15, -0.1) is 0 Å². The molecule has 3 nitrogen and oxygen atoms in total. The van der Waals surface area contributed by atoms with Gasteiger partial charge < -0.3 is 4.55 Å². The number of hydrogen-bond donors (Lipinski definition) is 0. The molecule has 0 amide bonds. The van der Waals surface area contributed by atoms with Crippen LogP contribution < -0.4 is 0 Å². The predicted octanol–water partition coefficient (Wildman–Crippen LogP) is 0.530. The van der Waals surface area contributed by atoms with Crippen LogP contribution in [0.15, 0.2) is 17.4 Å². The molecular formula is C7H8N2OS. The zero-order chi connectivity index (χ0) is 7.68. The highest BCUT2D eigenvalue weighted by molar-refractivity contribution is 7.91. The molecule has 1 aliphatic rings. The summed E-state index contributed by atoms with van der Waals surface area (Å²) in [5.74, 6) is 0.764. The molecule has 4 heteroatoms. The van der Waals surface area contributed by atoms with E-state index in [1.165, 1.54) is 6.33 Å². The molecular weight excluding hydrogens is 160 g/mol. The van der Waals surface area contributed by atoms with Crippen LogP contribution in [-0.2, 0) is 17.6 Å². The topological polar surface area (TPSA) is 48.8 Å². The molecule has 1 aromatic rings. The summed E-state index contributed by atoms with van der Waals surface area (Å²) in [6.45, 7) is 0. The van der Waals surface area contributed by atoms with E-state index < -0.39 is 11.2 Å². The Morgan fingerprint density at radius 1 is 1.55 bits per heavy atom. The van der Waals surface area contributed by atoms with Crippen molar-refractivity contribution in [2.24, 2.45) is 0 Å². The van der Waals surface area contributed by atoms with Crippen LogP contribution >= 0.6 is 0 Å². The number of rotatable bonds is 0. The minimum Gasteiger partial charge on any atom is -0.611 e. The van der Waals surface area contributed by atoms with Gasteiger partial charge in [-0.2, -0.15) is 0 Å². The summed E-state index contributed by atoms with van der Waals surface area (Å²) in [4.78, 5) is 8.74. The molecule has 1 aliphatic heterocycles. The van der Waals surface area contributed by atoms with Crippen LogP contribution in [0.2, 0.25) is 0 Å². The number of aromatic nitrogens is 2. The van der Waals surface area contributed by atoms with Crippen LogP contribution in [0.25, 0.3) is 0 Å². The summed E-state index contributed by atoms with van der Waals surface area (Å²) in [7, 11) is 0. The third kappa shape index (κ3) is 1.23. The van der Waals surface area contributed by atoms with E-state index in [4.69, 9.17) is 0 Å². The molecule has 11 heavy (non-hydrogen) atoms. The summed E-state index contributed by atoms with van der Waals surface area (Å²) < 4.78 is 11.3. The lowest BCUT2D eigenvalue weighted by Crippen LogP contribution is -2.17. The fraction of sp³-hybridized carbons (Fsp3) is 0.429. The van der Waals surface area contributed by atoms with Crippen LogP contribution in [0, 0.1) is 0 Å². The summed E-state index contributed by atoms with van der Waals surface area (Å²) in [6.07, 6.45) is 5.11. The van der Waals surface area contributed by atoms with Gasteiger partial charge in [0.2, 0.25) is 0 Å². The molecule has 1 aromatic heterocycles. The van der Waals surface area contributed by atoms with Crippen LogP contribution in [-0.4, -0.2) is 20.3 Å². The van der Waals surface area contributed by atoms with Gasteiger partial charge in [0.05, 0.1) is 11.9 Å². The average molecular weight is 168 g/mol. The Bertz CT molecular complexity index is 266. The fourth-order valence-electron chi connectivity index (χ4n) is 1.20. The molecule has 0 N–H and O–H groups in total. The second-order valence-corrected chi connectivity index (χ2v) is 4.03. The summed E-state index contributed by atoms with van der Waals surface area (Å²) in [5, 5.41) is 0. The molecule has 1 atom stereocenters. The van der Waals surface area contributed by atoms with Gasteiger partial charge in [0, 0.05) is 0 Å². The third-order valence-electron chi connectivity index (χ3n) is 1.75. The van der Waals surface area contributed by atoms with E-state index in [1.54, 1.807) is 6.20 Å². The molecule has 58 valence electrons. The van der Waals surface area contributed by atoms with Crippen molar-refractivity contribution in [3.05, 3.63) is 18.2 Å². The van der Waals surface area contributed by atoms with Crippen molar-refractivity contribution in [3.63, 3.8) is 0 Å². The molecule has 0 saturated carbocycles. The quantitative estimate of drug-likeness (QED) is 0.531. The Labute approximate surface area is 68.1 Å². The first-order valence-electron chi connectivity index (χ1n) is 3.55.